The number of hydrogen-bond donors (Lipinski definition) is 0. The lowest BCUT2D eigenvalue weighted by molar-refractivity contribution is 0.0590. The summed E-state index contributed by atoms with van der Waals surface area (Å²) in [6.45, 7) is 0. The van der Waals surface area contributed by atoms with Crippen molar-refractivity contribution in [2.24, 2.45) is 0 Å². The molecule has 2 rings (SSSR count). The van der Waals surface area contributed by atoms with Crippen molar-refractivity contribution in [2.75, 3.05) is 12.4 Å². The highest BCUT2D eigenvalue weighted by Gasteiger charge is 2.30. The number of methoxy groups -OCH3 is 1. The Morgan fingerprint density at radius 2 is 2.16 bits per heavy atom. The first-order valence-electron chi connectivity index (χ1n) is 5.61. The van der Waals surface area contributed by atoms with Gasteiger partial charge in [-0.15, -0.1) is 0 Å². The summed E-state index contributed by atoms with van der Waals surface area (Å²) in [5.74, 6) is -0.711. The largest absolute Gasteiger partial charge is 0.474 e. The molecule has 1 aromatic rings. The highest BCUT2D eigenvalue weighted by atomic mass is 79.9. The number of halogens is 2. The van der Waals surface area contributed by atoms with Crippen molar-refractivity contribution in [3.05, 3.63) is 21.8 Å². The van der Waals surface area contributed by atoms with Gasteiger partial charge < -0.3 is 9.47 Å². The van der Waals surface area contributed by atoms with Crippen LogP contribution in [-0.2, 0) is 4.74 Å². The fourth-order valence-electron chi connectivity index (χ4n) is 1.51. The first-order chi connectivity index (χ1) is 9.06. The van der Waals surface area contributed by atoms with Crippen molar-refractivity contribution in [3.63, 3.8) is 0 Å². The molecule has 19 heavy (non-hydrogen) atoms. The molecule has 0 unspecified atom stereocenters. The summed E-state index contributed by atoms with van der Waals surface area (Å²) in [6.07, 6.45) is 1.92. The summed E-state index contributed by atoms with van der Waals surface area (Å²) in [6, 6.07) is 1.50. The van der Waals surface area contributed by atoms with Gasteiger partial charge in [-0.2, -0.15) is 0 Å². The summed E-state index contributed by atoms with van der Waals surface area (Å²) in [4.78, 5) is 27.9. The van der Waals surface area contributed by atoms with Crippen LogP contribution in [0.2, 0.25) is 0 Å². The fraction of sp³-hybridized carbons (Fsp3) is 0.417. The van der Waals surface area contributed by atoms with Gasteiger partial charge >= 0.3 is 5.97 Å². The molecule has 0 amide bonds. The van der Waals surface area contributed by atoms with Crippen LogP contribution in [-0.4, -0.2) is 35.3 Å². The van der Waals surface area contributed by atoms with E-state index in [9.17, 15) is 9.59 Å². The van der Waals surface area contributed by atoms with E-state index < -0.39 is 5.97 Å². The Balaban J connectivity index is 2.52. The number of Topliss-reactive ketones (excluding diaryl/α,β-unsaturated/α-hetero) is 1. The second kappa shape index (κ2) is 6.00. The average molecular weight is 393 g/mol. The van der Waals surface area contributed by atoms with Gasteiger partial charge in [-0.05, 0) is 34.8 Å². The number of alkyl halides is 1. The smallest absolute Gasteiger partial charge is 0.344 e. The molecule has 0 saturated heterocycles. The van der Waals surface area contributed by atoms with Crippen LogP contribution in [0.5, 0.6) is 5.88 Å². The Morgan fingerprint density at radius 3 is 2.68 bits per heavy atom. The van der Waals surface area contributed by atoms with Crippen LogP contribution < -0.4 is 4.74 Å². The van der Waals surface area contributed by atoms with E-state index in [0.29, 0.717) is 4.60 Å². The van der Waals surface area contributed by atoms with Gasteiger partial charge in [0.1, 0.15) is 16.3 Å². The number of ketones is 1. The van der Waals surface area contributed by atoms with Gasteiger partial charge in [-0.3, -0.25) is 4.79 Å². The van der Waals surface area contributed by atoms with Crippen LogP contribution in [0.3, 0.4) is 0 Å². The molecule has 102 valence electrons. The minimum atomic E-state index is -0.625. The zero-order chi connectivity index (χ0) is 14.0. The van der Waals surface area contributed by atoms with Crippen LogP contribution in [0.4, 0.5) is 0 Å². The van der Waals surface area contributed by atoms with Crippen molar-refractivity contribution in [1.29, 1.82) is 0 Å². The quantitative estimate of drug-likeness (QED) is 0.333. The molecule has 0 aliphatic heterocycles. The third-order valence-electron chi connectivity index (χ3n) is 2.57. The molecule has 1 aromatic heterocycles. The normalized spacial score (nSPS) is 14.1. The van der Waals surface area contributed by atoms with E-state index in [-0.39, 0.29) is 34.2 Å². The van der Waals surface area contributed by atoms with Crippen molar-refractivity contribution in [2.45, 2.75) is 18.9 Å². The maximum absolute atomic E-state index is 11.9. The number of hydrogen-bond acceptors (Lipinski definition) is 5. The molecule has 0 bridgehead atoms. The average Bonchev–Trinajstić information content (AvgIpc) is 3.20. The Kier molecular flexibility index (Phi) is 4.57. The Morgan fingerprint density at radius 1 is 1.47 bits per heavy atom. The molecule has 0 aromatic carbocycles. The van der Waals surface area contributed by atoms with Crippen LogP contribution in [0, 0.1) is 0 Å². The second-order valence-corrected chi connectivity index (χ2v) is 5.41. The van der Waals surface area contributed by atoms with Gasteiger partial charge in [0.15, 0.2) is 5.78 Å². The molecule has 0 N–H and O–H groups in total. The third kappa shape index (κ3) is 3.33. The summed E-state index contributed by atoms with van der Waals surface area (Å²) in [7, 11) is 1.26. The summed E-state index contributed by atoms with van der Waals surface area (Å²) < 4.78 is 10.7. The summed E-state index contributed by atoms with van der Waals surface area (Å²) in [5, 5.41) is 0.107. The first kappa shape index (κ1) is 14.5. The molecule has 0 spiro atoms. The monoisotopic (exact) mass is 391 g/mol. The van der Waals surface area contributed by atoms with Crippen LogP contribution in [0.25, 0.3) is 0 Å². The van der Waals surface area contributed by atoms with E-state index in [0.717, 1.165) is 12.8 Å². The maximum Gasteiger partial charge on any atom is 0.344 e. The number of carbonyl (C=O) groups is 2. The predicted molar refractivity (Wildman–Crippen MR) is 75.1 cm³/mol. The number of esters is 1. The third-order valence-corrected chi connectivity index (χ3v) is 3.48. The predicted octanol–water partition coefficient (Wildman–Crippen LogP) is 2.75. The van der Waals surface area contributed by atoms with Gasteiger partial charge in [0.2, 0.25) is 5.88 Å². The molecule has 1 saturated carbocycles. The van der Waals surface area contributed by atoms with E-state index >= 15 is 0 Å². The van der Waals surface area contributed by atoms with Crippen molar-refractivity contribution < 1.29 is 19.1 Å². The second-order valence-electron chi connectivity index (χ2n) is 4.04. The van der Waals surface area contributed by atoms with Crippen LogP contribution in [0.1, 0.15) is 33.6 Å². The number of pyridine rings is 1. The van der Waals surface area contributed by atoms with Gasteiger partial charge in [0, 0.05) is 5.56 Å². The lowest BCUT2D eigenvalue weighted by Crippen LogP contribution is -2.15. The van der Waals surface area contributed by atoms with Crippen LogP contribution in [0.15, 0.2) is 10.7 Å². The van der Waals surface area contributed by atoms with Crippen molar-refractivity contribution in [3.8, 4) is 5.88 Å². The molecular weight excluding hydrogens is 382 g/mol. The Bertz CT molecular complexity index is 529. The van der Waals surface area contributed by atoms with Gasteiger partial charge in [0.25, 0.3) is 0 Å². The number of aromatic nitrogens is 1. The van der Waals surface area contributed by atoms with E-state index in [4.69, 9.17) is 9.47 Å². The highest BCUT2D eigenvalue weighted by Crippen LogP contribution is 2.31. The van der Waals surface area contributed by atoms with E-state index in [1.165, 1.54) is 13.2 Å². The van der Waals surface area contributed by atoms with Gasteiger partial charge in [-0.1, -0.05) is 15.9 Å². The number of carbonyl (C=O) groups excluding carboxylic acids is 2. The van der Waals surface area contributed by atoms with Crippen molar-refractivity contribution in [1.82, 2.24) is 4.98 Å². The first-order valence-corrected chi connectivity index (χ1v) is 7.53. The molecule has 7 heteroatoms. The highest BCUT2D eigenvalue weighted by molar-refractivity contribution is 9.10. The molecule has 1 aliphatic carbocycles. The Labute approximate surface area is 126 Å². The SMILES string of the molecule is COC(=O)c1c(C(=O)CBr)cc(Br)nc1OC1CC1. The zero-order valence-corrected chi connectivity index (χ0v) is 13.3. The number of nitrogens with zero attached hydrogens (tertiary/aromatic N) is 1. The summed E-state index contributed by atoms with van der Waals surface area (Å²) in [5.41, 5.74) is 0.323. The maximum atomic E-state index is 11.9. The van der Waals surface area contributed by atoms with Crippen molar-refractivity contribution >= 4 is 43.6 Å². The lowest BCUT2D eigenvalue weighted by atomic mass is 10.1. The molecule has 1 fully saturated rings. The molecule has 0 atom stereocenters. The lowest BCUT2D eigenvalue weighted by Gasteiger charge is -2.12. The zero-order valence-electron chi connectivity index (χ0n) is 10.1. The van der Waals surface area contributed by atoms with E-state index in [1.54, 1.807) is 0 Å². The molecule has 1 aliphatic rings. The summed E-state index contributed by atoms with van der Waals surface area (Å²) >= 11 is 6.31. The minimum Gasteiger partial charge on any atom is -0.474 e. The van der Waals surface area contributed by atoms with Gasteiger partial charge in [-0.25, -0.2) is 9.78 Å². The standard InChI is InChI=1S/C12H11Br2NO4/c1-18-12(17)10-7(8(16)5-13)4-9(14)15-11(10)19-6-2-3-6/h4,6H,2-3,5H2,1H3. The topological polar surface area (TPSA) is 65.5 Å². The van der Waals surface area contributed by atoms with E-state index in [1.807, 2.05) is 0 Å². The van der Waals surface area contributed by atoms with E-state index in [2.05, 4.69) is 36.8 Å². The molecular formula is C12H11Br2NO4. The van der Waals surface area contributed by atoms with Crippen LogP contribution >= 0.6 is 31.9 Å². The van der Waals surface area contributed by atoms with Gasteiger partial charge in [0.05, 0.1) is 12.4 Å². The fourth-order valence-corrected chi connectivity index (χ4v) is 2.20. The molecule has 5 nitrogen and oxygen atoms in total. The number of ether oxygens (including phenoxy) is 2. The molecule has 1 heterocycles. The number of rotatable bonds is 5. The molecule has 0 radical (unpaired) electrons. The minimum absolute atomic E-state index is 0.0668. The Hall–Kier alpha value is -0.950.